The molecule has 1 aromatic heterocycles. The molecule has 0 unspecified atom stereocenters. The number of carbonyl (C=O) groups excluding carboxylic acids is 1. The largest absolute Gasteiger partial charge is 0.434 e. The molecule has 0 spiro atoms. The normalized spacial score (nSPS) is 15.4. The molecule has 1 amide bonds. The summed E-state index contributed by atoms with van der Waals surface area (Å²) in [6.07, 6.45) is -2.05. The second kappa shape index (κ2) is 5.29. The van der Waals surface area contributed by atoms with Crippen LogP contribution >= 0.6 is 0 Å². The van der Waals surface area contributed by atoms with Gasteiger partial charge in [-0.1, -0.05) is 0 Å². The summed E-state index contributed by atoms with van der Waals surface area (Å²) in [5.41, 5.74) is 1.15. The van der Waals surface area contributed by atoms with Crippen molar-refractivity contribution in [2.45, 2.75) is 19.0 Å². The van der Waals surface area contributed by atoms with Crippen molar-refractivity contribution in [2.75, 3.05) is 18.6 Å². The summed E-state index contributed by atoms with van der Waals surface area (Å²) < 4.78 is 36.7. The lowest BCUT2D eigenvalue weighted by Gasteiger charge is -2.14. The molecule has 104 valence electrons. The SMILES string of the molecule is O=C(ONc1ncc(C(F)(F)F)cn1)N1CCCC1. The van der Waals surface area contributed by atoms with Crippen LogP contribution in [0, 0.1) is 0 Å². The van der Waals surface area contributed by atoms with Crippen LogP contribution in [0.2, 0.25) is 0 Å². The van der Waals surface area contributed by atoms with Crippen molar-refractivity contribution < 1.29 is 22.8 Å². The van der Waals surface area contributed by atoms with E-state index in [1.807, 2.05) is 0 Å². The van der Waals surface area contributed by atoms with Crippen LogP contribution in [0.1, 0.15) is 18.4 Å². The zero-order valence-corrected chi connectivity index (χ0v) is 9.78. The molecule has 0 atom stereocenters. The molecule has 0 radical (unpaired) electrons. The molecular formula is C10H11F3N4O2. The zero-order chi connectivity index (χ0) is 13.9. The minimum absolute atomic E-state index is 0.208. The summed E-state index contributed by atoms with van der Waals surface area (Å²) in [7, 11) is 0. The fraction of sp³-hybridized carbons (Fsp3) is 0.500. The van der Waals surface area contributed by atoms with Crippen LogP contribution in [0.4, 0.5) is 23.9 Å². The second-order valence-electron chi connectivity index (χ2n) is 3.96. The van der Waals surface area contributed by atoms with Gasteiger partial charge >= 0.3 is 12.3 Å². The Bertz CT molecular complexity index is 443. The fourth-order valence-electron chi connectivity index (χ4n) is 1.58. The third kappa shape index (κ3) is 3.46. The highest BCUT2D eigenvalue weighted by molar-refractivity contribution is 5.68. The smallest absolute Gasteiger partial charge is 0.321 e. The maximum atomic E-state index is 12.2. The fourth-order valence-corrected chi connectivity index (χ4v) is 1.58. The lowest BCUT2D eigenvalue weighted by atomic mass is 10.3. The molecule has 0 bridgehead atoms. The molecule has 2 heterocycles. The molecule has 1 fully saturated rings. The highest BCUT2D eigenvalue weighted by atomic mass is 19.4. The highest BCUT2D eigenvalue weighted by Crippen LogP contribution is 2.27. The third-order valence-corrected chi connectivity index (χ3v) is 2.57. The predicted molar refractivity (Wildman–Crippen MR) is 57.9 cm³/mol. The Kier molecular flexibility index (Phi) is 3.72. The van der Waals surface area contributed by atoms with Crippen molar-refractivity contribution in [2.24, 2.45) is 0 Å². The molecule has 0 aromatic carbocycles. The number of hydrogen-bond donors (Lipinski definition) is 1. The van der Waals surface area contributed by atoms with E-state index >= 15 is 0 Å². The Labute approximate surface area is 106 Å². The Hall–Kier alpha value is -2.06. The highest BCUT2D eigenvalue weighted by Gasteiger charge is 2.31. The topological polar surface area (TPSA) is 67.3 Å². The molecule has 1 aliphatic heterocycles. The Morgan fingerprint density at radius 3 is 2.37 bits per heavy atom. The molecule has 1 aromatic rings. The maximum absolute atomic E-state index is 12.2. The summed E-state index contributed by atoms with van der Waals surface area (Å²) in [6, 6.07) is 0. The summed E-state index contributed by atoms with van der Waals surface area (Å²) in [6.45, 7) is 1.21. The van der Waals surface area contributed by atoms with Crippen LogP contribution < -0.4 is 5.48 Å². The number of aromatic nitrogens is 2. The molecule has 1 aliphatic rings. The maximum Gasteiger partial charge on any atom is 0.434 e. The van der Waals surface area contributed by atoms with Crippen LogP contribution in [0.15, 0.2) is 12.4 Å². The number of amides is 1. The monoisotopic (exact) mass is 276 g/mol. The summed E-state index contributed by atoms with van der Waals surface area (Å²) in [4.78, 5) is 24.4. The average molecular weight is 276 g/mol. The van der Waals surface area contributed by atoms with Gasteiger partial charge in [0, 0.05) is 25.5 Å². The number of nitrogens with zero attached hydrogens (tertiary/aromatic N) is 3. The van der Waals surface area contributed by atoms with Crippen molar-refractivity contribution >= 4 is 12.0 Å². The minimum Gasteiger partial charge on any atom is -0.321 e. The van der Waals surface area contributed by atoms with Gasteiger partial charge in [0.25, 0.3) is 5.95 Å². The van der Waals surface area contributed by atoms with E-state index in [2.05, 4.69) is 20.3 Å². The van der Waals surface area contributed by atoms with Gasteiger partial charge in [0.15, 0.2) is 0 Å². The molecule has 9 heteroatoms. The van der Waals surface area contributed by atoms with Crippen molar-refractivity contribution in [1.82, 2.24) is 14.9 Å². The molecule has 6 nitrogen and oxygen atoms in total. The molecule has 19 heavy (non-hydrogen) atoms. The minimum atomic E-state index is -4.50. The van der Waals surface area contributed by atoms with Crippen LogP contribution in [-0.2, 0) is 11.0 Å². The first-order chi connectivity index (χ1) is 8.97. The van der Waals surface area contributed by atoms with E-state index in [1.54, 1.807) is 0 Å². The molecule has 1 N–H and O–H groups in total. The molecule has 0 aliphatic carbocycles. The van der Waals surface area contributed by atoms with Gasteiger partial charge < -0.3 is 9.74 Å². The van der Waals surface area contributed by atoms with E-state index in [0.717, 1.165) is 12.8 Å². The van der Waals surface area contributed by atoms with Gasteiger partial charge in [0.1, 0.15) is 0 Å². The van der Waals surface area contributed by atoms with E-state index in [1.165, 1.54) is 4.90 Å². The van der Waals surface area contributed by atoms with Crippen LogP contribution in [-0.4, -0.2) is 34.1 Å². The van der Waals surface area contributed by atoms with E-state index < -0.39 is 17.8 Å². The summed E-state index contributed by atoms with van der Waals surface area (Å²) >= 11 is 0. The number of hydrogen-bond acceptors (Lipinski definition) is 5. The van der Waals surface area contributed by atoms with Crippen LogP contribution in [0.25, 0.3) is 0 Å². The van der Waals surface area contributed by atoms with Gasteiger partial charge in [-0.25, -0.2) is 14.8 Å². The Balaban J connectivity index is 1.87. The van der Waals surface area contributed by atoms with Crippen molar-refractivity contribution in [3.8, 4) is 0 Å². The lowest BCUT2D eigenvalue weighted by Crippen LogP contribution is -2.30. The van der Waals surface area contributed by atoms with Gasteiger partial charge in [-0.3, -0.25) is 0 Å². The van der Waals surface area contributed by atoms with Crippen molar-refractivity contribution in [3.63, 3.8) is 0 Å². The van der Waals surface area contributed by atoms with Crippen LogP contribution in [0.3, 0.4) is 0 Å². The average Bonchev–Trinajstić information content (AvgIpc) is 2.89. The van der Waals surface area contributed by atoms with E-state index in [0.29, 0.717) is 25.5 Å². The summed E-state index contributed by atoms with van der Waals surface area (Å²) in [5, 5.41) is 0. The second-order valence-corrected chi connectivity index (χ2v) is 3.96. The van der Waals surface area contributed by atoms with E-state index in [9.17, 15) is 18.0 Å². The number of alkyl halides is 3. The van der Waals surface area contributed by atoms with Gasteiger partial charge in [-0.15, -0.1) is 0 Å². The first kappa shape index (κ1) is 13.4. The molecular weight excluding hydrogens is 265 g/mol. The number of halogens is 3. The molecule has 1 saturated heterocycles. The zero-order valence-electron chi connectivity index (χ0n) is 9.78. The van der Waals surface area contributed by atoms with Crippen LogP contribution in [0.5, 0.6) is 0 Å². The third-order valence-electron chi connectivity index (χ3n) is 2.57. The predicted octanol–water partition coefficient (Wildman–Crippen LogP) is 2.05. The van der Waals surface area contributed by atoms with Crippen molar-refractivity contribution in [3.05, 3.63) is 18.0 Å². The number of rotatable bonds is 2. The standard InChI is InChI=1S/C10H11F3N4O2/c11-10(12,13)7-5-14-8(15-6-7)16-19-9(18)17-3-1-2-4-17/h5-6H,1-4H2,(H,14,15,16). The van der Waals surface area contributed by atoms with Gasteiger partial charge in [0.2, 0.25) is 0 Å². The number of likely N-dealkylation sites (tertiary alicyclic amines) is 1. The van der Waals surface area contributed by atoms with Gasteiger partial charge in [0.05, 0.1) is 5.56 Å². The number of nitrogens with one attached hydrogen (secondary N) is 1. The van der Waals surface area contributed by atoms with E-state index in [4.69, 9.17) is 0 Å². The summed E-state index contributed by atoms with van der Waals surface area (Å²) in [5.74, 6) is -0.208. The first-order valence-corrected chi connectivity index (χ1v) is 5.58. The molecule has 2 rings (SSSR count). The Morgan fingerprint density at radius 1 is 1.26 bits per heavy atom. The lowest BCUT2D eigenvalue weighted by molar-refractivity contribution is -0.138. The van der Waals surface area contributed by atoms with Gasteiger partial charge in [-0.05, 0) is 12.8 Å². The number of anilines is 1. The quantitative estimate of drug-likeness (QED) is 0.837. The van der Waals surface area contributed by atoms with Gasteiger partial charge in [-0.2, -0.15) is 18.7 Å². The first-order valence-electron chi connectivity index (χ1n) is 5.58. The molecule has 0 saturated carbocycles. The number of carbonyl (C=O) groups is 1. The Morgan fingerprint density at radius 2 is 1.84 bits per heavy atom. The van der Waals surface area contributed by atoms with Crippen molar-refractivity contribution in [1.29, 1.82) is 0 Å². The van der Waals surface area contributed by atoms with E-state index in [-0.39, 0.29) is 5.95 Å².